The SMILES string of the molecule is CC(C)(O)C(C)(C)NCc1cc(Br)ccc1F. The van der Waals surface area contributed by atoms with Crippen molar-refractivity contribution in [1.82, 2.24) is 5.32 Å². The van der Waals surface area contributed by atoms with Gasteiger partial charge in [0.2, 0.25) is 0 Å². The number of hydrogen-bond acceptors (Lipinski definition) is 2. The summed E-state index contributed by atoms with van der Waals surface area (Å²) >= 11 is 3.31. The van der Waals surface area contributed by atoms with Crippen molar-refractivity contribution in [2.24, 2.45) is 0 Å². The summed E-state index contributed by atoms with van der Waals surface area (Å²) in [6.07, 6.45) is 0. The Kier molecular flexibility index (Phi) is 4.33. The predicted molar refractivity (Wildman–Crippen MR) is 71.3 cm³/mol. The number of hydrogen-bond donors (Lipinski definition) is 2. The van der Waals surface area contributed by atoms with Gasteiger partial charge in [-0.3, -0.25) is 0 Å². The Morgan fingerprint density at radius 3 is 2.41 bits per heavy atom. The Hall–Kier alpha value is -0.450. The second-order valence-electron chi connectivity index (χ2n) is 5.27. The van der Waals surface area contributed by atoms with Gasteiger partial charge < -0.3 is 10.4 Å². The van der Waals surface area contributed by atoms with Crippen LogP contribution in [0.4, 0.5) is 4.39 Å². The van der Waals surface area contributed by atoms with E-state index in [9.17, 15) is 9.50 Å². The summed E-state index contributed by atoms with van der Waals surface area (Å²) in [5, 5.41) is 13.2. The smallest absolute Gasteiger partial charge is 0.127 e. The molecule has 0 saturated heterocycles. The maximum Gasteiger partial charge on any atom is 0.127 e. The molecular formula is C13H19BrFNO. The summed E-state index contributed by atoms with van der Waals surface area (Å²) < 4.78 is 14.4. The van der Waals surface area contributed by atoms with E-state index in [2.05, 4.69) is 21.2 Å². The van der Waals surface area contributed by atoms with E-state index in [-0.39, 0.29) is 5.82 Å². The van der Waals surface area contributed by atoms with Crippen LogP contribution in [0.2, 0.25) is 0 Å². The van der Waals surface area contributed by atoms with Gasteiger partial charge in [0, 0.05) is 22.1 Å². The minimum absolute atomic E-state index is 0.243. The van der Waals surface area contributed by atoms with Crippen LogP contribution in [-0.4, -0.2) is 16.2 Å². The lowest BCUT2D eigenvalue weighted by Gasteiger charge is -2.38. The zero-order chi connectivity index (χ0) is 13.3. The lowest BCUT2D eigenvalue weighted by molar-refractivity contribution is -0.00543. The van der Waals surface area contributed by atoms with E-state index >= 15 is 0 Å². The van der Waals surface area contributed by atoms with Crippen molar-refractivity contribution >= 4 is 15.9 Å². The first-order valence-corrected chi connectivity index (χ1v) is 6.34. The molecule has 0 spiro atoms. The van der Waals surface area contributed by atoms with Crippen molar-refractivity contribution < 1.29 is 9.50 Å². The van der Waals surface area contributed by atoms with E-state index in [4.69, 9.17) is 0 Å². The fraction of sp³-hybridized carbons (Fsp3) is 0.538. The van der Waals surface area contributed by atoms with Gasteiger partial charge in [-0.2, -0.15) is 0 Å². The third-order valence-electron chi connectivity index (χ3n) is 3.26. The number of benzene rings is 1. The first-order chi connectivity index (χ1) is 7.63. The molecular weight excluding hydrogens is 285 g/mol. The van der Waals surface area contributed by atoms with Crippen molar-refractivity contribution in [3.05, 3.63) is 34.1 Å². The molecule has 1 rings (SSSR count). The minimum atomic E-state index is -0.879. The first kappa shape index (κ1) is 14.6. The highest BCUT2D eigenvalue weighted by molar-refractivity contribution is 9.10. The second-order valence-corrected chi connectivity index (χ2v) is 6.19. The highest BCUT2D eigenvalue weighted by atomic mass is 79.9. The standard InChI is InChI=1S/C13H19BrFNO/c1-12(2,13(3,4)17)16-8-9-7-10(14)5-6-11(9)15/h5-7,16-17H,8H2,1-4H3. The molecule has 2 nitrogen and oxygen atoms in total. The Bertz CT molecular complexity index is 399. The van der Waals surface area contributed by atoms with Gasteiger partial charge in [-0.1, -0.05) is 15.9 Å². The molecule has 0 aliphatic heterocycles. The topological polar surface area (TPSA) is 32.3 Å². The molecule has 2 N–H and O–H groups in total. The third kappa shape index (κ3) is 3.76. The van der Waals surface area contributed by atoms with Crippen molar-refractivity contribution in [3.8, 4) is 0 Å². The molecule has 0 unspecified atom stereocenters. The summed E-state index contributed by atoms with van der Waals surface area (Å²) in [6.45, 7) is 7.63. The Morgan fingerprint density at radius 1 is 1.29 bits per heavy atom. The van der Waals surface area contributed by atoms with E-state index in [1.54, 1.807) is 26.0 Å². The lowest BCUT2D eigenvalue weighted by Crippen LogP contribution is -2.55. The van der Waals surface area contributed by atoms with Crippen LogP contribution < -0.4 is 5.32 Å². The molecule has 1 aromatic carbocycles. The summed E-state index contributed by atoms with van der Waals surface area (Å²) in [5.74, 6) is -0.243. The Morgan fingerprint density at radius 2 is 1.88 bits per heavy atom. The van der Waals surface area contributed by atoms with Crippen molar-refractivity contribution in [3.63, 3.8) is 0 Å². The molecule has 0 amide bonds. The molecule has 1 aromatic rings. The summed E-state index contributed by atoms with van der Waals surface area (Å²) in [6, 6.07) is 4.83. The number of nitrogens with one attached hydrogen (secondary N) is 1. The number of halogens is 2. The molecule has 0 aromatic heterocycles. The molecule has 0 atom stereocenters. The molecule has 0 aliphatic rings. The van der Waals surface area contributed by atoms with Crippen LogP contribution in [0.1, 0.15) is 33.3 Å². The van der Waals surface area contributed by atoms with Crippen LogP contribution >= 0.6 is 15.9 Å². The van der Waals surface area contributed by atoms with Gasteiger partial charge in [0.15, 0.2) is 0 Å². The maximum atomic E-state index is 13.5. The van der Waals surface area contributed by atoms with Crippen LogP contribution in [0, 0.1) is 5.82 Å². The van der Waals surface area contributed by atoms with Crippen LogP contribution in [0.25, 0.3) is 0 Å². The first-order valence-electron chi connectivity index (χ1n) is 5.55. The Balaban J connectivity index is 2.77. The van der Waals surface area contributed by atoms with E-state index in [0.29, 0.717) is 12.1 Å². The Labute approximate surface area is 110 Å². The van der Waals surface area contributed by atoms with Crippen LogP contribution in [0.5, 0.6) is 0 Å². The van der Waals surface area contributed by atoms with Gasteiger partial charge in [-0.25, -0.2) is 4.39 Å². The summed E-state index contributed by atoms with van der Waals surface area (Å²) in [7, 11) is 0. The zero-order valence-electron chi connectivity index (χ0n) is 10.6. The van der Waals surface area contributed by atoms with Crippen molar-refractivity contribution in [2.45, 2.75) is 45.4 Å². The molecule has 0 radical (unpaired) electrons. The highest BCUT2D eigenvalue weighted by Gasteiger charge is 2.34. The van der Waals surface area contributed by atoms with E-state index in [0.717, 1.165) is 4.47 Å². The molecule has 0 fully saturated rings. The monoisotopic (exact) mass is 303 g/mol. The van der Waals surface area contributed by atoms with Crippen LogP contribution in [0.15, 0.2) is 22.7 Å². The van der Waals surface area contributed by atoms with Crippen LogP contribution in [-0.2, 0) is 6.54 Å². The van der Waals surface area contributed by atoms with Gasteiger partial charge in [-0.15, -0.1) is 0 Å². The van der Waals surface area contributed by atoms with E-state index < -0.39 is 11.1 Å². The molecule has 4 heteroatoms. The van der Waals surface area contributed by atoms with Gasteiger partial charge >= 0.3 is 0 Å². The lowest BCUT2D eigenvalue weighted by atomic mass is 9.86. The molecule has 0 bridgehead atoms. The average Bonchev–Trinajstić information content (AvgIpc) is 2.18. The van der Waals surface area contributed by atoms with E-state index in [1.807, 2.05) is 13.8 Å². The summed E-state index contributed by atoms with van der Waals surface area (Å²) in [5.41, 5.74) is -0.797. The van der Waals surface area contributed by atoms with Crippen molar-refractivity contribution in [2.75, 3.05) is 0 Å². The minimum Gasteiger partial charge on any atom is -0.389 e. The van der Waals surface area contributed by atoms with Gasteiger partial charge in [0.05, 0.1) is 5.60 Å². The van der Waals surface area contributed by atoms with Crippen molar-refractivity contribution in [1.29, 1.82) is 0 Å². The molecule has 96 valence electrons. The van der Waals surface area contributed by atoms with Gasteiger partial charge in [-0.05, 0) is 45.9 Å². The second kappa shape index (κ2) is 5.04. The molecule has 0 heterocycles. The van der Waals surface area contributed by atoms with E-state index in [1.165, 1.54) is 6.07 Å². The summed E-state index contributed by atoms with van der Waals surface area (Å²) in [4.78, 5) is 0. The van der Waals surface area contributed by atoms with Crippen LogP contribution in [0.3, 0.4) is 0 Å². The molecule has 0 saturated carbocycles. The zero-order valence-corrected chi connectivity index (χ0v) is 12.2. The maximum absolute atomic E-state index is 13.5. The van der Waals surface area contributed by atoms with Gasteiger partial charge in [0.25, 0.3) is 0 Å². The normalized spacial score (nSPS) is 12.9. The molecule has 17 heavy (non-hydrogen) atoms. The number of aliphatic hydroxyl groups is 1. The fourth-order valence-electron chi connectivity index (χ4n) is 1.21. The predicted octanol–water partition coefficient (Wildman–Crippen LogP) is 3.23. The largest absolute Gasteiger partial charge is 0.389 e. The fourth-order valence-corrected chi connectivity index (χ4v) is 1.62. The quantitative estimate of drug-likeness (QED) is 0.895. The molecule has 0 aliphatic carbocycles. The number of rotatable bonds is 4. The average molecular weight is 304 g/mol. The third-order valence-corrected chi connectivity index (χ3v) is 3.75. The van der Waals surface area contributed by atoms with Gasteiger partial charge in [0.1, 0.15) is 5.82 Å². The highest BCUT2D eigenvalue weighted by Crippen LogP contribution is 2.22.